The molecule has 0 heterocycles. The Balaban J connectivity index is 2.67. The third-order valence-corrected chi connectivity index (χ3v) is 2.80. The first-order valence-corrected chi connectivity index (χ1v) is 6.80. The Morgan fingerprint density at radius 1 is 1.25 bits per heavy atom. The van der Waals surface area contributed by atoms with Gasteiger partial charge in [0.2, 0.25) is 0 Å². The molecule has 0 aliphatic rings. The molecule has 1 aromatic rings. The Hall–Kier alpha value is -1.52. The Bertz CT molecular complexity index is 426. The van der Waals surface area contributed by atoms with Crippen LogP contribution in [0.3, 0.4) is 0 Å². The van der Waals surface area contributed by atoms with E-state index in [1.165, 1.54) is 5.57 Å². The summed E-state index contributed by atoms with van der Waals surface area (Å²) in [6.07, 6.45) is 2.06. The van der Waals surface area contributed by atoms with Crippen molar-refractivity contribution in [1.29, 1.82) is 0 Å². The molecular formula is C16H25NO3. The summed E-state index contributed by atoms with van der Waals surface area (Å²) in [5.74, 6) is 1.66. The zero-order valence-corrected chi connectivity index (χ0v) is 12.9. The summed E-state index contributed by atoms with van der Waals surface area (Å²) in [4.78, 5) is 0. The van der Waals surface area contributed by atoms with Crippen molar-refractivity contribution >= 4 is 0 Å². The smallest absolute Gasteiger partial charge is 0.127 e. The van der Waals surface area contributed by atoms with Crippen molar-refractivity contribution in [3.8, 4) is 11.5 Å². The largest absolute Gasteiger partial charge is 0.497 e. The van der Waals surface area contributed by atoms with Crippen LogP contribution in [0.2, 0.25) is 0 Å². The second-order valence-corrected chi connectivity index (χ2v) is 4.74. The van der Waals surface area contributed by atoms with E-state index in [-0.39, 0.29) is 0 Å². The van der Waals surface area contributed by atoms with E-state index in [4.69, 9.17) is 14.2 Å². The standard InChI is InChI=1S/C16H25NO3/c1-13(2)7-9-20-16-11-15(19-4)6-5-14(16)12-17-8-10-18-3/h5-7,11,17H,8-10,12H2,1-4H3. The van der Waals surface area contributed by atoms with Crippen LogP contribution in [0.1, 0.15) is 19.4 Å². The van der Waals surface area contributed by atoms with E-state index in [9.17, 15) is 0 Å². The van der Waals surface area contributed by atoms with Gasteiger partial charge in [-0.05, 0) is 26.0 Å². The molecule has 4 heteroatoms. The molecule has 0 atom stereocenters. The number of benzene rings is 1. The highest BCUT2D eigenvalue weighted by Gasteiger charge is 2.05. The van der Waals surface area contributed by atoms with Crippen LogP contribution in [0.15, 0.2) is 29.8 Å². The molecule has 1 aromatic carbocycles. The molecule has 0 spiro atoms. The van der Waals surface area contributed by atoms with Gasteiger partial charge in [0.15, 0.2) is 0 Å². The lowest BCUT2D eigenvalue weighted by molar-refractivity contribution is 0.199. The van der Waals surface area contributed by atoms with Crippen LogP contribution >= 0.6 is 0 Å². The fourth-order valence-electron chi connectivity index (χ4n) is 1.64. The molecule has 1 N–H and O–H groups in total. The molecule has 0 saturated heterocycles. The van der Waals surface area contributed by atoms with Crippen molar-refractivity contribution in [2.24, 2.45) is 0 Å². The molecule has 0 bridgehead atoms. The van der Waals surface area contributed by atoms with Crippen LogP contribution in [0.5, 0.6) is 11.5 Å². The average molecular weight is 279 g/mol. The van der Waals surface area contributed by atoms with Crippen molar-refractivity contribution in [1.82, 2.24) is 5.32 Å². The highest BCUT2D eigenvalue weighted by Crippen LogP contribution is 2.24. The normalized spacial score (nSPS) is 10.2. The Morgan fingerprint density at radius 2 is 2.05 bits per heavy atom. The van der Waals surface area contributed by atoms with Gasteiger partial charge in [-0.15, -0.1) is 0 Å². The van der Waals surface area contributed by atoms with Gasteiger partial charge >= 0.3 is 0 Å². The number of ether oxygens (including phenoxy) is 3. The first-order valence-electron chi connectivity index (χ1n) is 6.80. The summed E-state index contributed by atoms with van der Waals surface area (Å²) in [7, 11) is 3.36. The van der Waals surface area contributed by atoms with Gasteiger partial charge < -0.3 is 19.5 Å². The molecule has 4 nitrogen and oxygen atoms in total. The molecule has 0 amide bonds. The van der Waals surface area contributed by atoms with Gasteiger partial charge in [-0.1, -0.05) is 11.6 Å². The van der Waals surface area contributed by atoms with Crippen LogP contribution in [0, 0.1) is 0 Å². The van der Waals surface area contributed by atoms with Gasteiger partial charge in [0, 0.05) is 31.8 Å². The molecule has 0 radical (unpaired) electrons. The van der Waals surface area contributed by atoms with Gasteiger partial charge in [-0.2, -0.15) is 0 Å². The number of rotatable bonds is 9. The number of hydrogen-bond donors (Lipinski definition) is 1. The minimum absolute atomic E-state index is 0.570. The number of nitrogens with one attached hydrogen (secondary N) is 1. The summed E-state index contributed by atoms with van der Waals surface area (Å²) in [6, 6.07) is 5.89. The van der Waals surface area contributed by atoms with Crippen LogP contribution in [0.25, 0.3) is 0 Å². The van der Waals surface area contributed by atoms with Gasteiger partial charge in [0.1, 0.15) is 18.1 Å². The maximum Gasteiger partial charge on any atom is 0.127 e. The number of hydrogen-bond acceptors (Lipinski definition) is 4. The van der Waals surface area contributed by atoms with Crippen LogP contribution in [0.4, 0.5) is 0 Å². The fourth-order valence-corrected chi connectivity index (χ4v) is 1.64. The maximum atomic E-state index is 5.82. The predicted octanol–water partition coefficient (Wildman–Crippen LogP) is 2.78. The van der Waals surface area contributed by atoms with Gasteiger partial charge in [-0.25, -0.2) is 0 Å². The first kappa shape index (κ1) is 16.5. The molecule has 0 aliphatic carbocycles. The molecule has 112 valence electrons. The lowest BCUT2D eigenvalue weighted by Gasteiger charge is -2.13. The SMILES string of the molecule is COCCNCc1ccc(OC)cc1OCC=C(C)C. The van der Waals surface area contributed by atoms with Crippen LogP contribution in [-0.2, 0) is 11.3 Å². The Labute approximate surface area is 121 Å². The van der Waals surface area contributed by atoms with E-state index in [2.05, 4.69) is 25.2 Å². The van der Waals surface area contributed by atoms with E-state index >= 15 is 0 Å². The quantitative estimate of drug-likeness (QED) is 0.557. The minimum atomic E-state index is 0.570. The lowest BCUT2D eigenvalue weighted by Crippen LogP contribution is -2.19. The topological polar surface area (TPSA) is 39.7 Å². The van der Waals surface area contributed by atoms with Crippen molar-refractivity contribution in [3.63, 3.8) is 0 Å². The molecule has 20 heavy (non-hydrogen) atoms. The summed E-state index contributed by atoms with van der Waals surface area (Å²) in [6.45, 7) is 6.95. The summed E-state index contributed by atoms with van der Waals surface area (Å²) in [5.41, 5.74) is 2.36. The Kier molecular flexibility index (Phi) is 7.77. The zero-order valence-electron chi connectivity index (χ0n) is 12.9. The van der Waals surface area contributed by atoms with Gasteiger partial charge in [0.25, 0.3) is 0 Å². The van der Waals surface area contributed by atoms with Crippen molar-refractivity contribution in [2.45, 2.75) is 20.4 Å². The van der Waals surface area contributed by atoms with E-state index in [0.717, 1.165) is 30.2 Å². The van der Waals surface area contributed by atoms with E-state index < -0.39 is 0 Å². The highest BCUT2D eigenvalue weighted by atomic mass is 16.5. The van der Waals surface area contributed by atoms with Gasteiger partial charge in [-0.3, -0.25) is 0 Å². The van der Waals surface area contributed by atoms with Crippen LogP contribution in [-0.4, -0.2) is 34.0 Å². The molecule has 0 aromatic heterocycles. The van der Waals surface area contributed by atoms with Crippen molar-refractivity contribution in [3.05, 3.63) is 35.4 Å². The lowest BCUT2D eigenvalue weighted by atomic mass is 10.2. The second kappa shape index (κ2) is 9.39. The maximum absolute atomic E-state index is 5.82. The Morgan fingerprint density at radius 3 is 2.70 bits per heavy atom. The molecule has 0 unspecified atom stereocenters. The first-order chi connectivity index (χ1) is 9.67. The molecular weight excluding hydrogens is 254 g/mol. The second-order valence-electron chi connectivity index (χ2n) is 4.74. The summed E-state index contributed by atoms with van der Waals surface area (Å²) in [5, 5.41) is 3.32. The van der Waals surface area contributed by atoms with Crippen molar-refractivity contribution < 1.29 is 14.2 Å². The summed E-state index contributed by atoms with van der Waals surface area (Å²) < 4.78 is 16.1. The highest BCUT2D eigenvalue weighted by molar-refractivity contribution is 5.40. The number of allylic oxidation sites excluding steroid dienone is 1. The summed E-state index contributed by atoms with van der Waals surface area (Å²) >= 11 is 0. The molecule has 0 fully saturated rings. The third-order valence-electron chi connectivity index (χ3n) is 2.80. The van der Waals surface area contributed by atoms with E-state index in [0.29, 0.717) is 13.2 Å². The average Bonchev–Trinajstić information content (AvgIpc) is 2.44. The molecule has 0 aliphatic heterocycles. The van der Waals surface area contributed by atoms with E-state index in [1.807, 2.05) is 18.2 Å². The van der Waals surface area contributed by atoms with Crippen LogP contribution < -0.4 is 14.8 Å². The fraction of sp³-hybridized carbons (Fsp3) is 0.500. The van der Waals surface area contributed by atoms with Crippen molar-refractivity contribution in [2.75, 3.05) is 34.0 Å². The molecule has 0 saturated carbocycles. The zero-order chi connectivity index (χ0) is 14.8. The van der Waals surface area contributed by atoms with Gasteiger partial charge in [0.05, 0.1) is 13.7 Å². The molecule has 1 rings (SSSR count). The number of methoxy groups -OCH3 is 2. The predicted molar refractivity (Wildman–Crippen MR) is 81.5 cm³/mol. The monoisotopic (exact) mass is 279 g/mol. The van der Waals surface area contributed by atoms with E-state index in [1.54, 1.807) is 14.2 Å². The minimum Gasteiger partial charge on any atom is -0.497 e. The third kappa shape index (κ3) is 6.08.